The molecule has 0 saturated carbocycles. The molecule has 2 aromatic heterocycles. The number of ether oxygens (including phenoxy) is 3. The normalized spacial score (nSPS) is 11.6. The number of alkyl halides is 6. The molecule has 0 atom stereocenters. The number of aryl methyl sites for hydroxylation is 1. The molecule has 0 unspecified atom stereocenters. The molecule has 9 nitrogen and oxygen atoms in total. The maximum Gasteiger partial charge on any atom is 0.573 e. The molecule has 2 heterocycles. The Morgan fingerprint density at radius 2 is 1.66 bits per heavy atom. The summed E-state index contributed by atoms with van der Waals surface area (Å²) in [5, 5.41) is 2.15. The SMILES string of the molecule is COc1cc(OC(F)(F)F)ccc1Oc1cnc(C(F)(F)F)c(F)c1C(=O)Nc1cc(C(N)=O)ncc1C. The number of nitrogens with two attached hydrogens (primary N) is 1. The summed E-state index contributed by atoms with van der Waals surface area (Å²) >= 11 is 0. The summed E-state index contributed by atoms with van der Waals surface area (Å²) in [4.78, 5) is 31.1. The Morgan fingerprint density at radius 3 is 2.24 bits per heavy atom. The molecule has 0 fully saturated rings. The quantitative estimate of drug-likeness (QED) is 0.399. The van der Waals surface area contributed by atoms with Gasteiger partial charge in [0.1, 0.15) is 17.0 Å². The summed E-state index contributed by atoms with van der Waals surface area (Å²) in [5.74, 6) is -6.95. The number of pyridine rings is 2. The van der Waals surface area contributed by atoms with Crippen molar-refractivity contribution in [3.05, 3.63) is 65.0 Å². The molecule has 0 saturated heterocycles. The van der Waals surface area contributed by atoms with Crippen molar-refractivity contribution in [1.29, 1.82) is 0 Å². The fourth-order valence-electron chi connectivity index (χ4n) is 2.98. The summed E-state index contributed by atoms with van der Waals surface area (Å²) in [6.45, 7) is 1.42. The third-order valence-corrected chi connectivity index (χ3v) is 4.67. The number of aromatic nitrogens is 2. The number of carbonyl (C=O) groups is 2. The number of nitrogens with one attached hydrogen (secondary N) is 1. The van der Waals surface area contributed by atoms with Gasteiger partial charge < -0.3 is 25.3 Å². The summed E-state index contributed by atoms with van der Waals surface area (Å²) in [6, 6.07) is 3.42. The van der Waals surface area contributed by atoms with E-state index in [0.29, 0.717) is 6.20 Å². The van der Waals surface area contributed by atoms with Gasteiger partial charge >= 0.3 is 12.5 Å². The van der Waals surface area contributed by atoms with Gasteiger partial charge in [-0.2, -0.15) is 13.2 Å². The van der Waals surface area contributed by atoms with Gasteiger partial charge in [-0.25, -0.2) is 9.37 Å². The van der Waals surface area contributed by atoms with Gasteiger partial charge in [-0.1, -0.05) is 0 Å². The molecular formula is C22H15F7N4O5. The Kier molecular flexibility index (Phi) is 7.64. The van der Waals surface area contributed by atoms with Crippen LogP contribution in [-0.4, -0.2) is 35.3 Å². The van der Waals surface area contributed by atoms with Gasteiger partial charge in [0.25, 0.3) is 11.8 Å². The Balaban J connectivity index is 2.08. The van der Waals surface area contributed by atoms with Crippen molar-refractivity contribution in [2.75, 3.05) is 12.4 Å². The zero-order valence-corrected chi connectivity index (χ0v) is 19.1. The van der Waals surface area contributed by atoms with E-state index >= 15 is 4.39 Å². The zero-order chi connectivity index (χ0) is 28.4. The highest BCUT2D eigenvalue weighted by molar-refractivity contribution is 6.07. The first kappa shape index (κ1) is 27.9. The van der Waals surface area contributed by atoms with Crippen LogP contribution in [0.25, 0.3) is 0 Å². The molecule has 2 amide bonds. The van der Waals surface area contributed by atoms with Crippen LogP contribution < -0.4 is 25.3 Å². The van der Waals surface area contributed by atoms with Crippen molar-refractivity contribution >= 4 is 17.5 Å². The molecule has 0 spiro atoms. The van der Waals surface area contributed by atoms with Crippen LogP contribution in [0.5, 0.6) is 23.0 Å². The molecule has 3 aromatic rings. The molecule has 0 aliphatic carbocycles. The van der Waals surface area contributed by atoms with Crippen LogP contribution in [0.2, 0.25) is 0 Å². The smallest absolute Gasteiger partial charge is 0.493 e. The van der Waals surface area contributed by atoms with E-state index in [2.05, 4.69) is 20.0 Å². The Morgan fingerprint density at radius 1 is 0.974 bits per heavy atom. The van der Waals surface area contributed by atoms with E-state index in [9.17, 15) is 35.9 Å². The van der Waals surface area contributed by atoms with Crippen LogP contribution in [0.15, 0.2) is 36.7 Å². The molecule has 0 bridgehead atoms. The number of benzene rings is 1. The van der Waals surface area contributed by atoms with Gasteiger partial charge in [0, 0.05) is 18.0 Å². The molecule has 3 N–H and O–H groups in total. The van der Waals surface area contributed by atoms with Gasteiger partial charge in [0.05, 0.1) is 13.3 Å². The van der Waals surface area contributed by atoms with E-state index in [-0.39, 0.29) is 16.9 Å². The zero-order valence-electron chi connectivity index (χ0n) is 19.1. The van der Waals surface area contributed by atoms with Crippen molar-refractivity contribution in [3.8, 4) is 23.0 Å². The summed E-state index contributed by atoms with van der Waals surface area (Å²) < 4.78 is 107. The molecule has 0 aliphatic heterocycles. The van der Waals surface area contributed by atoms with Crippen molar-refractivity contribution in [1.82, 2.24) is 9.97 Å². The lowest BCUT2D eigenvalue weighted by Gasteiger charge is -2.17. The number of rotatable bonds is 7. The predicted octanol–water partition coefficient (Wildman–Crippen LogP) is 4.99. The average Bonchev–Trinajstić information content (AvgIpc) is 2.79. The summed E-state index contributed by atoms with van der Waals surface area (Å²) in [5.41, 5.74) is 1.62. The van der Waals surface area contributed by atoms with E-state index in [1.807, 2.05) is 0 Å². The maximum atomic E-state index is 15.0. The highest BCUT2D eigenvalue weighted by atomic mass is 19.4. The highest BCUT2D eigenvalue weighted by Crippen LogP contribution is 2.40. The number of carbonyl (C=O) groups excluding carboxylic acids is 2. The van der Waals surface area contributed by atoms with E-state index in [1.54, 1.807) is 0 Å². The van der Waals surface area contributed by atoms with Gasteiger partial charge in [-0.05, 0) is 30.7 Å². The second kappa shape index (κ2) is 10.4. The van der Waals surface area contributed by atoms with Crippen molar-refractivity contribution in [3.63, 3.8) is 0 Å². The average molecular weight is 548 g/mol. The fraction of sp³-hybridized carbons (Fsp3) is 0.182. The van der Waals surface area contributed by atoms with Crippen molar-refractivity contribution in [2.45, 2.75) is 19.5 Å². The number of hydrogen-bond acceptors (Lipinski definition) is 7. The van der Waals surface area contributed by atoms with Crippen LogP contribution in [0.4, 0.5) is 36.4 Å². The van der Waals surface area contributed by atoms with Crippen LogP contribution >= 0.6 is 0 Å². The van der Waals surface area contributed by atoms with Gasteiger partial charge in [0.15, 0.2) is 28.8 Å². The van der Waals surface area contributed by atoms with E-state index < -0.39 is 64.4 Å². The number of hydrogen-bond donors (Lipinski definition) is 2. The minimum Gasteiger partial charge on any atom is -0.493 e. The van der Waals surface area contributed by atoms with E-state index in [0.717, 1.165) is 37.6 Å². The Hall–Kier alpha value is -4.63. The molecule has 16 heteroatoms. The lowest BCUT2D eigenvalue weighted by atomic mass is 10.1. The lowest BCUT2D eigenvalue weighted by Crippen LogP contribution is -2.21. The highest BCUT2D eigenvalue weighted by Gasteiger charge is 2.39. The Labute approximate surface area is 208 Å². The lowest BCUT2D eigenvalue weighted by molar-refractivity contribution is -0.274. The first-order valence-corrected chi connectivity index (χ1v) is 10.1. The van der Waals surface area contributed by atoms with Crippen LogP contribution in [0.3, 0.4) is 0 Å². The van der Waals surface area contributed by atoms with Crippen LogP contribution in [-0.2, 0) is 6.18 Å². The molecule has 0 aliphatic rings. The first-order valence-electron chi connectivity index (χ1n) is 10.1. The Bertz CT molecular complexity index is 1390. The third-order valence-electron chi connectivity index (χ3n) is 4.67. The van der Waals surface area contributed by atoms with Gasteiger partial charge in [0.2, 0.25) is 0 Å². The van der Waals surface area contributed by atoms with Crippen molar-refractivity contribution < 1.29 is 54.5 Å². The molecular weight excluding hydrogens is 533 g/mol. The standard InChI is InChI=1S/C22H15F7N4O5/c1-9-7-31-12(19(30)34)6-11(9)33-20(35)16-15(8-32-18(17(16)23)21(24,25)26)37-13-4-3-10(5-14(13)36-2)38-22(27,28)29/h3-8H,1-2H3,(H2,30,34)(H,31,33,35). The molecule has 202 valence electrons. The van der Waals surface area contributed by atoms with Gasteiger partial charge in [-0.3, -0.25) is 14.6 Å². The summed E-state index contributed by atoms with van der Waals surface area (Å²) in [6.07, 6.45) is -8.82. The monoisotopic (exact) mass is 548 g/mol. The van der Waals surface area contributed by atoms with E-state index in [1.165, 1.54) is 6.92 Å². The first-order chi connectivity index (χ1) is 17.6. The minimum atomic E-state index is -5.31. The molecule has 1 aromatic carbocycles. The molecule has 38 heavy (non-hydrogen) atoms. The summed E-state index contributed by atoms with van der Waals surface area (Å²) in [7, 11) is 1.03. The topological polar surface area (TPSA) is 126 Å². The largest absolute Gasteiger partial charge is 0.573 e. The number of amides is 2. The third kappa shape index (κ3) is 6.37. The number of primary amides is 1. The maximum absolute atomic E-state index is 15.0. The number of methoxy groups -OCH3 is 1. The fourth-order valence-corrected chi connectivity index (χ4v) is 2.98. The van der Waals surface area contributed by atoms with E-state index in [4.69, 9.17) is 15.2 Å². The molecule has 3 rings (SSSR count). The predicted molar refractivity (Wildman–Crippen MR) is 114 cm³/mol. The number of nitrogens with zero attached hydrogens (tertiary/aromatic N) is 2. The number of halogens is 7. The van der Waals surface area contributed by atoms with Crippen LogP contribution in [0.1, 0.15) is 32.1 Å². The van der Waals surface area contributed by atoms with Crippen LogP contribution in [0, 0.1) is 12.7 Å². The number of anilines is 1. The second-order valence-electron chi connectivity index (χ2n) is 7.32. The molecule has 0 radical (unpaired) electrons. The van der Waals surface area contributed by atoms with Gasteiger partial charge in [-0.15, -0.1) is 13.2 Å². The minimum absolute atomic E-state index is 0.138. The second-order valence-corrected chi connectivity index (χ2v) is 7.32. The van der Waals surface area contributed by atoms with Crippen molar-refractivity contribution in [2.24, 2.45) is 5.73 Å².